The van der Waals surface area contributed by atoms with Crippen molar-refractivity contribution < 1.29 is 14.0 Å². The smallest absolute Gasteiger partial charge is 0.234 e. The van der Waals surface area contributed by atoms with E-state index in [9.17, 15) is 9.59 Å². The van der Waals surface area contributed by atoms with Crippen LogP contribution in [0.15, 0.2) is 22.6 Å². The maximum absolute atomic E-state index is 11.6. The molecule has 1 aliphatic rings. The summed E-state index contributed by atoms with van der Waals surface area (Å²) in [5.41, 5.74) is 2.07. The summed E-state index contributed by atoms with van der Waals surface area (Å²) in [4.78, 5) is 28.4. The van der Waals surface area contributed by atoms with Crippen molar-refractivity contribution in [2.45, 2.75) is 13.3 Å². The SMILES string of the molecule is Cc1nc2ccc(N3CC(=O)CC3=O)cc2o1. The molecule has 0 aliphatic carbocycles. The van der Waals surface area contributed by atoms with E-state index in [2.05, 4.69) is 4.98 Å². The Hall–Kier alpha value is -2.17. The van der Waals surface area contributed by atoms with Crippen LogP contribution in [0.1, 0.15) is 12.3 Å². The Morgan fingerprint density at radius 3 is 2.88 bits per heavy atom. The van der Waals surface area contributed by atoms with Gasteiger partial charge in [0.25, 0.3) is 0 Å². The Bertz CT molecular complexity index is 630. The quantitative estimate of drug-likeness (QED) is 0.695. The number of carbonyl (C=O) groups excluding carboxylic acids is 2. The number of rotatable bonds is 1. The fraction of sp³-hybridized carbons (Fsp3) is 0.250. The third kappa shape index (κ3) is 1.60. The summed E-state index contributed by atoms with van der Waals surface area (Å²) in [7, 11) is 0. The average molecular weight is 230 g/mol. The topological polar surface area (TPSA) is 63.4 Å². The lowest BCUT2D eigenvalue weighted by atomic mass is 10.2. The molecule has 17 heavy (non-hydrogen) atoms. The zero-order valence-corrected chi connectivity index (χ0v) is 9.27. The second-order valence-corrected chi connectivity index (χ2v) is 4.08. The van der Waals surface area contributed by atoms with Gasteiger partial charge in [0.1, 0.15) is 5.52 Å². The van der Waals surface area contributed by atoms with Crippen molar-refractivity contribution in [3.05, 3.63) is 24.1 Å². The van der Waals surface area contributed by atoms with Crippen LogP contribution in [0.25, 0.3) is 11.1 Å². The second-order valence-electron chi connectivity index (χ2n) is 4.08. The number of benzene rings is 1. The van der Waals surface area contributed by atoms with Gasteiger partial charge in [0, 0.05) is 18.7 Å². The van der Waals surface area contributed by atoms with Gasteiger partial charge in [-0.25, -0.2) is 4.98 Å². The molecule has 2 heterocycles. The minimum absolute atomic E-state index is 0.00648. The number of aryl methyl sites for hydroxylation is 1. The molecule has 0 unspecified atom stereocenters. The van der Waals surface area contributed by atoms with Crippen LogP contribution >= 0.6 is 0 Å². The minimum Gasteiger partial charge on any atom is -0.441 e. The van der Waals surface area contributed by atoms with Gasteiger partial charge in [0.2, 0.25) is 5.91 Å². The van der Waals surface area contributed by atoms with E-state index in [1.165, 1.54) is 4.90 Å². The summed E-state index contributed by atoms with van der Waals surface area (Å²) in [5, 5.41) is 0. The van der Waals surface area contributed by atoms with Crippen molar-refractivity contribution >= 4 is 28.5 Å². The van der Waals surface area contributed by atoms with Gasteiger partial charge in [-0.2, -0.15) is 0 Å². The molecule has 1 amide bonds. The van der Waals surface area contributed by atoms with Gasteiger partial charge < -0.3 is 9.32 Å². The van der Waals surface area contributed by atoms with Crippen molar-refractivity contribution in [2.75, 3.05) is 11.4 Å². The van der Waals surface area contributed by atoms with Crippen molar-refractivity contribution in [3.8, 4) is 0 Å². The zero-order valence-electron chi connectivity index (χ0n) is 9.27. The Kier molecular flexibility index (Phi) is 2.01. The largest absolute Gasteiger partial charge is 0.441 e. The normalized spacial score (nSPS) is 16.2. The van der Waals surface area contributed by atoms with E-state index in [1.54, 1.807) is 25.1 Å². The number of oxazole rings is 1. The maximum Gasteiger partial charge on any atom is 0.234 e. The minimum atomic E-state index is -0.161. The molecule has 0 atom stereocenters. The molecular formula is C12H10N2O3. The monoisotopic (exact) mass is 230 g/mol. The summed E-state index contributed by atoms with van der Waals surface area (Å²) in [6, 6.07) is 5.31. The van der Waals surface area contributed by atoms with E-state index >= 15 is 0 Å². The maximum atomic E-state index is 11.6. The van der Waals surface area contributed by atoms with E-state index in [0.717, 1.165) is 5.52 Å². The second kappa shape index (κ2) is 3.41. The Morgan fingerprint density at radius 1 is 1.35 bits per heavy atom. The van der Waals surface area contributed by atoms with E-state index in [0.29, 0.717) is 17.2 Å². The van der Waals surface area contributed by atoms with Crippen LogP contribution in [0.2, 0.25) is 0 Å². The van der Waals surface area contributed by atoms with Gasteiger partial charge in [-0.15, -0.1) is 0 Å². The number of amides is 1. The summed E-state index contributed by atoms with van der Waals surface area (Å²) in [6.45, 7) is 1.92. The number of ketones is 1. The molecule has 1 aliphatic heterocycles. The van der Waals surface area contributed by atoms with Crippen LogP contribution in [0.4, 0.5) is 5.69 Å². The molecule has 1 aromatic heterocycles. The molecule has 5 heteroatoms. The number of fused-ring (bicyclic) bond motifs is 1. The van der Waals surface area contributed by atoms with Gasteiger partial charge in [-0.1, -0.05) is 0 Å². The van der Waals surface area contributed by atoms with Crippen molar-refractivity contribution in [1.82, 2.24) is 4.98 Å². The number of hydrogen-bond donors (Lipinski definition) is 0. The number of anilines is 1. The van der Waals surface area contributed by atoms with Gasteiger partial charge in [-0.05, 0) is 12.1 Å². The van der Waals surface area contributed by atoms with Crippen LogP contribution in [0.3, 0.4) is 0 Å². The first-order chi connectivity index (χ1) is 8.13. The number of aromatic nitrogens is 1. The summed E-state index contributed by atoms with van der Waals surface area (Å²) in [5.74, 6) is 0.371. The molecule has 0 bridgehead atoms. The lowest BCUT2D eigenvalue weighted by Gasteiger charge is -2.13. The molecule has 1 fully saturated rings. The highest BCUT2D eigenvalue weighted by Gasteiger charge is 2.28. The van der Waals surface area contributed by atoms with Crippen LogP contribution in [-0.2, 0) is 9.59 Å². The molecule has 3 rings (SSSR count). The van der Waals surface area contributed by atoms with Crippen LogP contribution in [0.5, 0.6) is 0 Å². The molecular weight excluding hydrogens is 220 g/mol. The van der Waals surface area contributed by atoms with E-state index in [-0.39, 0.29) is 24.7 Å². The molecule has 1 saturated heterocycles. The molecule has 0 N–H and O–H groups in total. The summed E-state index contributed by atoms with van der Waals surface area (Å²) < 4.78 is 5.40. The lowest BCUT2D eigenvalue weighted by molar-refractivity contribution is -0.121. The highest BCUT2D eigenvalue weighted by atomic mass is 16.3. The molecule has 5 nitrogen and oxygen atoms in total. The van der Waals surface area contributed by atoms with E-state index < -0.39 is 0 Å². The number of hydrogen-bond acceptors (Lipinski definition) is 4. The van der Waals surface area contributed by atoms with Crippen LogP contribution < -0.4 is 4.90 Å². The third-order valence-corrected chi connectivity index (χ3v) is 2.77. The number of Topliss-reactive ketones (excluding diaryl/α,β-unsaturated/α-hetero) is 1. The van der Waals surface area contributed by atoms with Crippen LogP contribution in [-0.4, -0.2) is 23.2 Å². The third-order valence-electron chi connectivity index (χ3n) is 2.77. The Morgan fingerprint density at radius 2 is 2.18 bits per heavy atom. The van der Waals surface area contributed by atoms with Crippen molar-refractivity contribution in [2.24, 2.45) is 0 Å². The first kappa shape index (κ1) is 10.0. The first-order valence-corrected chi connectivity index (χ1v) is 5.33. The molecule has 1 aromatic carbocycles. The lowest BCUT2D eigenvalue weighted by Crippen LogP contribution is -2.24. The van der Waals surface area contributed by atoms with Crippen molar-refractivity contribution in [1.29, 1.82) is 0 Å². The summed E-state index contributed by atoms with van der Waals surface area (Å²) >= 11 is 0. The fourth-order valence-electron chi connectivity index (χ4n) is 2.02. The Balaban J connectivity index is 2.05. The van der Waals surface area contributed by atoms with Gasteiger partial charge >= 0.3 is 0 Å². The Labute approximate surface area is 97.0 Å². The highest BCUT2D eigenvalue weighted by molar-refractivity contribution is 6.15. The van der Waals surface area contributed by atoms with Crippen molar-refractivity contribution in [3.63, 3.8) is 0 Å². The highest BCUT2D eigenvalue weighted by Crippen LogP contribution is 2.25. The molecule has 0 radical (unpaired) electrons. The van der Waals surface area contributed by atoms with Gasteiger partial charge in [0.05, 0.1) is 13.0 Å². The molecule has 2 aromatic rings. The molecule has 86 valence electrons. The molecule has 0 saturated carbocycles. The predicted molar refractivity (Wildman–Crippen MR) is 60.7 cm³/mol. The fourth-order valence-corrected chi connectivity index (χ4v) is 2.02. The average Bonchev–Trinajstić information content (AvgIpc) is 2.78. The van der Waals surface area contributed by atoms with Gasteiger partial charge in [-0.3, -0.25) is 9.59 Å². The van der Waals surface area contributed by atoms with E-state index in [1.807, 2.05) is 0 Å². The van der Waals surface area contributed by atoms with Gasteiger partial charge in [0.15, 0.2) is 17.3 Å². The zero-order chi connectivity index (χ0) is 12.0. The first-order valence-electron chi connectivity index (χ1n) is 5.33. The standard InChI is InChI=1S/C12H10N2O3/c1-7-13-10-3-2-8(4-11(10)17-7)14-6-9(15)5-12(14)16/h2-4H,5-6H2,1H3. The number of nitrogens with zero attached hydrogens (tertiary/aromatic N) is 2. The van der Waals surface area contributed by atoms with Crippen LogP contribution in [0, 0.1) is 6.92 Å². The number of carbonyl (C=O) groups is 2. The molecule has 0 spiro atoms. The summed E-state index contributed by atoms with van der Waals surface area (Å²) in [6.07, 6.45) is -0.00648. The van der Waals surface area contributed by atoms with E-state index in [4.69, 9.17) is 4.42 Å². The predicted octanol–water partition coefficient (Wildman–Crippen LogP) is 1.44.